The molecule has 0 bridgehead atoms. The van der Waals surface area contributed by atoms with Gasteiger partial charge in [0.25, 0.3) is 0 Å². The molecule has 4 nitrogen and oxygen atoms in total. The second-order valence-electron chi connectivity index (χ2n) is 5.96. The van der Waals surface area contributed by atoms with Gasteiger partial charge < -0.3 is 15.8 Å². The molecule has 4 unspecified atom stereocenters. The van der Waals surface area contributed by atoms with Crippen molar-refractivity contribution in [3.05, 3.63) is 0 Å². The van der Waals surface area contributed by atoms with Crippen molar-refractivity contribution in [3.8, 4) is 0 Å². The first-order valence-corrected chi connectivity index (χ1v) is 7.68. The number of nitrogens with two attached hydrogens (primary N) is 1. The van der Waals surface area contributed by atoms with E-state index in [-0.39, 0.29) is 11.9 Å². The molecule has 1 aliphatic rings. The van der Waals surface area contributed by atoms with Crippen LogP contribution in [0.5, 0.6) is 0 Å². The van der Waals surface area contributed by atoms with Crippen molar-refractivity contribution in [2.24, 2.45) is 17.6 Å². The summed E-state index contributed by atoms with van der Waals surface area (Å²) in [5.41, 5.74) is 5.38. The van der Waals surface area contributed by atoms with E-state index < -0.39 is 0 Å². The van der Waals surface area contributed by atoms with E-state index in [0.29, 0.717) is 19.1 Å². The predicted molar refractivity (Wildman–Crippen MR) is 77.8 cm³/mol. The van der Waals surface area contributed by atoms with E-state index >= 15 is 0 Å². The molecule has 0 saturated heterocycles. The molecule has 0 aromatic rings. The number of carbonyl (C=O) groups is 1. The van der Waals surface area contributed by atoms with Crippen LogP contribution in [0.2, 0.25) is 0 Å². The molecule has 0 radical (unpaired) electrons. The van der Waals surface area contributed by atoms with Crippen molar-refractivity contribution in [1.29, 1.82) is 0 Å². The Bertz CT molecular complexity index is 271. The first-order valence-electron chi connectivity index (χ1n) is 7.68. The lowest BCUT2D eigenvalue weighted by molar-refractivity contribution is -0.120. The number of carbonyl (C=O) groups excluding carboxylic acids is 1. The van der Waals surface area contributed by atoms with E-state index in [1.807, 2.05) is 0 Å². The maximum Gasteiger partial charge on any atom is 0.234 e. The van der Waals surface area contributed by atoms with Crippen LogP contribution < -0.4 is 11.1 Å². The van der Waals surface area contributed by atoms with Gasteiger partial charge in [-0.25, -0.2) is 0 Å². The fraction of sp³-hybridized carbons (Fsp3) is 0.933. The highest BCUT2D eigenvalue weighted by atomic mass is 16.5. The van der Waals surface area contributed by atoms with Crippen LogP contribution in [0.15, 0.2) is 0 Å². The largest absolute Gasteiger partial charge is 0.378 e. The van der Waals surface area contributed by atoms with E-state index in [1.54, 1.807) is 0 Å². The summed E-state index contributed by atoms with van der Waals surface area (Å²) in [6.45, 7) is 8.14. The molecule has 1 rings (SSSR count). The number of primary amides is 1. The average Bonchev–Trinajstić information content (AvgIpc) is 2.37. The summed E-state index contributed by atoms with van der Waals surface area (Å²) < 4.78 is 5.91. The molecular formula is C15H30N2O2. The minimum atomic E-state index is -0.275. The molecule has 0 aromatic carbocycles. The Morgan fingerprint density at radius 3 is 2.68 bits per heavy atom. The van der Waals surface area contributed by atoms with Gasteiger partial charge in [0.05, 0.1) is 12.1 Å². The Morgan fingerprint density at radius 2 is 2.11 bits per heavy atom. The molecule has 0 aromatic heterocycles. The highest BCUT2D eigenvalue weighted by Crippen LogP contribution is 2.30. The fourth-order valence-electron chi connectivity index (χ4n) is 2.67. The second kappa shape index (κ2) is 8.54. The van der Waals surface area contributed by atoms with E-state index in [0.717, 1.165) is 37.6 Å². The molecule has 1 fully saturated rings. The molecule has 19 heavy (non-hydrogen) atoms. The molecule has 0 heterocycles. The minimum Gasteiger partial charge on any atom is -0.378 e. The smallest absolute Gasteiger partial charge is 0.234 e. The van der Waals surface area contributed by atoms with Crippen LogP contribution >= 0.6 is 0 Å². The lowest BCUT2D eigenvalue weighted by Gasteiger charge is -2.32. The van der Waals surface area contributed by atoms with Crippen LogP contribution in [0, 0.1) is 11.8 Å². The maximum absolute atomic E-state index is 11.3. The van der Waals surface area contributed by atoms with Gasteiger partial charge in [-0.1, -0.05) is 20.8 Å². The number of rotatable bonds is 8. The minimum absolute atomic E-state index is 0.250. The lowest BCUT2D eigenvalue weighted by atomic mass is 9.80. The molecule has 3 N–H and O–H groups in total. The van der Waals surface area contributed by atoms with Crippen molar-refractivity contribution in [1.82, 2.24) is 5.32 Å². The van der Waals surface area contributed by atoms with Crippen LogP contribution in [0.4, 0.5) is 0 Å². The van der Waals surface area contributed by atoms with Crippen molar-refractivity contribution in [2.75, 3.05) is 13.2 Å². The number of hydrogen-bond acceptors (Lipinski definition) is 3. The summed E-state index contributed by atoms with van der Waals surface area (Å²) in [5, 5.41) is 3.17. The Labute approximate surface area is 117 Å². The van der Waals surface area contributed by atoms with Gasteiger partial charge in [0.2, 0.25) is 5.91 Å². The Balaban J connectivity index is 2.22. The van der Waals surface area contributed by atoms with Gasteiger partial charge in [0, 0.05) is 6.61 Å². The molecule has 0 aliphatic heterocycles. The van der Waals surface area contributed by atoms with Crippen LogP contribution in [0.3, 0.4) is 0 Å². The van der Waals surface area contributed by atoms with E-state index in [2.05, 4.69) is 26.1 Å². The molecule has 1 amide bonds. The summed E-state index contributed by atoms with van der Waals surface area (Å²) in [6, 6.07) is -0.250. The highest BCUT2D eigenvalue weighted by molar-refractivity contribution is 5.79. The van der Waals surface area contributed by atoms with Crippen molar-refractivity contribution in [3.63, 3.8) is 0 Å². The third-order valence-corrected chi connectivity index (χ3v) is 4.29. The first kappa shape index (κ1) is 16.4. The Kier molecular flexibility index (Phi) is 7.39. The molecule has 1 saturated carbocycles. The molecule has 0 spiro atoms. The van der Waals surface area contributed by atoms with Gasteiger partial charge in [-0.2, -0.15) is 0 Å². The van der Waals surface area contributed by atoms with Crippen molar-refractivity contribution in [2.45, 2.75) is 65.0 Å². The third-order valence-electron chi connectivity index (χ3n) is 4.29. The third kappa shape index (κ3) is 5.91. The average molecular weight is 270 g/mol. The van der Waals surface area contributed by atoms with Gasteiger partial charge in [0.15, 0.2) is 0 Å². The quantitative estimate of drug-likeness (QED) is 0.709. The Morgan fingerprint density at radius 1 is 1.37 bits per heavy atom. The monoisotopic (exact) mass is 270 g/mol. The summed E-state index contributed by atoms with van der Waals surface area (Å²) in [4.78, 5) is 11.3. The van der Waals surface area contributed by atoms with Crippen LogP contribution in [0.25, 0.3) is 0 Å². The summed E-state index contributed by atoms with van der Waals surface area (Å²) in [7, 11) is 0. The normalized spacial score (nSPS) is 29.1. The lowest BCUT2D eigenvalue weighted by Crippen LogP contribution is -2.42. The fourth-order valence-corrected chi connectivity index (χ4v) is 2.67. The van der Waals surface area contributed by atoms with E-state index in [9.17, 15) is 4.79 Å². The molecule has 4 atom stereocenters. The zero-order chi connectivity index (χ0) is 14.3. The SMILES string of the molecule is CCCNC(CCOC1CCC(C)C(C)C1)C(N)=O. The molecular weight excluding hydrogens is 240 g/mol. The number of nitrogens with one attached hydrogen (secondary N) is 1. The van der Waals surface area contributed by atoms with Crippen molar-refractivity contribution >= 4 is 5.91 Å². The number of hydrogen-bond donors (Lipinski definition) is 2. The molecule has 112 valence electrons. The molecule has 1 aliphatic carbocycles. The van der Waals surface area contributed by atoms with Crippen LogP contribution in [-0.4, -0.2) is 31.2 Å². The summed E-state index contributed by atoms with van der Waals surface area (Å²) >= 11 is 0. The van der Waals surface area contributed by atoms with Gasteiger partial charge in [-0.3, -0.25) is 4.79 Å². The zero-order valence-electron chi connectivity index (χ0n) is 12.7. The van der Waals surface area contributed by atoms with Gasteiger partial charge in [0.1, 0.15) is 0 Å². The van der Waals surface area contributed by atoms with Gasteiger partial charge >= 0.3 is 0 Å². The Hall–Kier alpha value is -0.610. The second-order valence-corrected chi connectivity index (χ2v) is 5.96. The molecule has 4 heteroatoms. The predicted octanol–water partition coefficient (Wildman–Crippen LogP) is 2.07. The van der Waals surface area contributed by atoms with E-state index in [1.165, 1.54) is 6.42 Å². The van der Waals surface area contributed by atoms with Crippen LogP contribution in [0.1, 0.15) is 52.9 Å². The number of amides is 1. The summed E-state index contributed by atoms with van der Waals surface area (Å²) in [5.74, 6) is 1.27. The highest BCUT2D eigenvalue weighted by Gasteiger charge is 2.25. The van der Waals surface area contributed by atoms with E-state index in [4.69, 9.17) is 10.5 Å². The zero-order valence-corrected chi connectivity index (χ0v) is 12.7. The standard InChI is InChI=1S/C15H30N2O2/c1-4-8-17-14(15(16)18)7-9-19-13-6-5-11(2)12(3)10-13/h11-14,17H,4-10H2,1-3H3,(H2,16,18). The summed E-state index contributed by atoms with van der Waals surface area (Å²) in [6.07, 6.45) is 5.59. The van der Waals surface area contributed by atoms with Crippen LogP contribution in [-0.2, 0) is 9.53 Å². The number of ether oxygens (including phenoxy) is 1. The first-order chi connectivity index (χ1) is 9.04. The van der Waals surface area contributed by atoms with Gasteiger partial charge in [-0.05, 0) is 50.5 Å². The van der Waals surface area contributed by atoms with Crippen molar-refractivity contribution < 1.29 is 9.53 Å². The van der Waals surface area contributed by atoms with Gasteiger partial charge in [-0.15, -0.1) is 0 Å². The topological polar surface area (TPSA) is 64.3 Å². The maximum atomic E-state index is 11.3.